The van der Waals surface area contributed by atoms with Crippen molar-refractivity contribution in [2.24, 2.45) is 5.92 Å². The number of hydrogen-bond acceptors (Lipinski definition) is 1. The molecule has 7 heteroatoms. The van der Waals surface area contributed by atoms with Crippen molar-refractivity contribution in [3.05, 3.63) is 76.6 Å². The van der Waals surface area contributed by atoms with Crippen LogP contribution >= 0.6 is 0 Å². The Balaban J connectivity index is 1.75. The van der Waals surface area contributed by atoms with Crippen LogP contribution in [0.5, 0.6) is 5.75 Å². The molecule has 35 heavy (non-hydrogen) atoms. The molecule has 4 rings (SSSR count). The Kier molecular flexibility index (Phi) is 7.62. The van der Waals surface area contributed by atoms with E-state index in [9.17, 15) is 26.3 Å². The molecule has 0 fully saturated rings. The number of fused-ring (bicyclic) bond motifs is 3. The summed E-state index contributed by atoms with van der Waals surface area (Å²) >= 11 is 0. The molecule has 1 aliphatic carbocycles. The summed E-state index contributed by atoms with van der Waals surface area (Å²) in [4.78, 5) is 0. The third-order valence-corrected chi connectivity index (χ3v) is 6.98. The quantitative estimate of drug-likeness (QED) is 0.224. The molecule has 0 bridgehead atoms. The zero-order valence-corrected chi connectivity index (χ0v) is 19.5. The van der Waals surface area contributed by atoms with Crippen LogP contribution in [0.3, 0.4) is 0 Å². The minimum absolute atomic E-state index is 0.0586. The standard InChI is InChI=1S/C28H28F6O/c1-2-3-4-5-6-7-18-10-12-21-22(13-9-17-8-11-20(29)16-23(17)21)26(18)19-14-24(30)27(25(31)15-19)35-28(32,33)34/h8-9,11,13-16,18,26H,2-7,10,12H2,1H3/t18-,26-/m1/s1. The summed E-state index contributed by atoms with van der Waals surface area (Å²) in [7, 11) is 0. The molecule has 0 saturated heterocycles. The highest BCUT2D eigenvalue weighted by molar-refractivity contribution is 5.87. The van der Waals surface area contributed by atoms with Crippen LogP contribution in [0.25, 0.3) is 10.8 Å². The smallest absolute Gasteiger partial charge is 0.399 e. The van der Waals surface area contributed by atoms with Gasteiger partial charge in [0.15, 0.2) is 11.6 Å². The zero-order valence-electron chi connectivity index (χ0n) is 19.5. The van der Waals surface area contributed by atoms with E-state index in [1.54, 1.807) is 6.07 Å². The summed E-state index contributed by atoms with van der Waals surface area (Å²) in [6, 6.07) is 10.2. The fraction of sp³-hybridized carbons (Fsp3) is 0.429. The van der Waals surface area contributed by atoms with E-state index >= 15 is 0 Å². The van der Waals surface area contributed by atoms with Crippen LogP contribution in [0, 0.1) is 23.4 Å². The fourth-order valence-corrected chi connectivity index (χ4v) is 5.44. The molecule has 0 amide bonds. The summed E-state index contributed by atoms with van der Waals surface area (Å²) in [5, 5.41) is 1.63. The van der Waals surface area contributed by atoms with E-state index in [1.165, 1.54) is 12.1 Å². The van der Waals surface area contributed by atoms with Gasteiger partial charge in [0.2, 0.25) is 5.75 Å². The lowest BCUT2D eigenvalue weighted by Crippen LogP contribution is -2.23. The van der Waals surface area contributed by atoms with Gasteiger partial charge in [-0.05, 0) is 76.9 Å². The number of unbranched alkanes of at least 4 members (excludes halogenated alkanes) is 4. The Labute approximate surface area is 201 Å². The topological polar surface area (TPSA) is 9.23 Å². The van der Waals surface area contributed by atoms with Gasteiger partial charge in [-0.3, -0.25) is 0 Å². The normalized spacial score (nSPS) is 18.0. The van der Waals surface area contributed by atoms with Gasteiger partial charge in [-0.1, -0.05) is 57.2 Å². The van der Waals surface area contributed by atoms with E-state index in [-0.39, 0.29) is 17.3 Å². The van der Waals surface area contributed by atoms with E-state index in [2.05, 4.69) is 11.7 Å². The Morgan fingerprint density at radius 3 is 2.26 bits per heavy atom. The van der Waals surface area contributed by atoms with Crippen molar-refractivity contribution in [1.82, 2.24) is 0 Å². The SMILES string of the molecule is CCCCCCC[C@@H]1CCc2c(ccc3ccc(F)cc23)[C@H]1c1cc(F)c(OC(F)(F)F)c(F)c1. The van der Waals surface area contributed by atoms with E-state index in [1.807, 2.05) is 12.1 Å². The number of alkyl halides is 3. The molecule has 1 aliphatic rings. The predicted molar refractivity (Wildman–Crippen MR) is 124 cm³/mol. The average molecular weight is 495 g/mol. The van der Waals surface area contributed by atoms with Gasteiger partial charge in [0.25, 0.3) is 0 Å². The van der Waals surface area contributed by atoms with Gasteiger partial charge in [0, 0.05) is 5.92 Å². The first-order valence-corrected chi connectivity index (χ1v) is 12.1. The molecule has 0 spiro atoms. The van der Waals surface area contributed by atoms with E-state index in [0.717, 1.165) is 79.0 Å². The van der Waals surface area contributed by atoms with Gasteiger partial charge < -0.3 is 4.74 Å². The number of halogens is 6. The lowest BCUT2D eigenvalue weighted by Gasteiger charge is -2.35. The van der Waals surface area contributed by atoms with E-state index in [4.69, 9.17) is 0 Å². The first kappa shape index (κ1) is 25.4. The second kappa shape index (κ2) is 10.5. The Morgan fingerprint density at radius 2 is 1.57 bits per heavy atom. The minimum Gasteiger partial charge on any atom is -0.399 e. The fourth-order valence-electron chi connectivity index (χ4n) is 5.44. The molecule has 0 aliphatic heterocycles. The molecule has 0 radical (unpaired) electrons. The van der Waals surface area contributed by atoms with Gasteiger partial charge in [0.1, 0.15) is 5.82 Å². The van der Waals surface area contributed by atoms with Crippen LogP contribution in [-0.4, -0.2) is 6.36 Å². The van der Waals surface area contributed by atoms with Crippen molar-refractivity contribution in [1.29, 1.82) is 0 Å². The largest absolute Gasteiger partial charge is 0.573 e. The van der Waals surface area contributed by atoms with Crippen LogP contribution in [-0.2, 0) is 6.42 Å². The molecule has 3 aromatic rings. The number of benzene rings is 3. The molecule has 0 saturated carbocycles. The Hall–Kier alpha value is -2.70. The van der Waals surface area contributed by atoms with E-state index < -0.39 is 29.7 Å². The van der Waals surface area contributed by atoms with Crippen LogP contribution in [0.1, 0.15) is 74.5 Å². The van der Waals surface area contributed by atoms with Crippen LogP contribution in [0.15, 0.2) is 42.5 Å². The van der Waals surface area contributed by atoms with Crippen molar-refractivity contribution in [2.75, 3.05) is 0 Å². The minimum atomic E-state index is -5.20. The van der Waals surface area contributed by atoms with Crippen LogP contribution in [0.4, 0.5) is 26.3 Å². The lowest BCUT2D eigenvalue weighted by molar-refractivity contribution is -0.276. The van der Waals surface area contributed by atoms with Crippen molar-refractivity contribution in [3.63, 3.8) is 0 Å². The first-order chi connectivity index (χ1) is 16.7. The van der Waals surface area contributed by atoms with Crippen molar-refractivity contribution < 1.29 is 31.1 Å². The van der Waals surface area contributed by atoms with Gasteiger partial charge in [-0.25, -0.2) is 13.2 Å². The van der Waals surface area contributed by atoms with Crippen LogP contribution < -0.4 is 4.74 Å². The predicted octanol–water partition coefficient (Wildman–Crippen LogP) is 9.21. The van der Waals surface area contributed by atoms with Gasteiger partial charge in [0.05, 0.1) is 0 Å². The molecule has 0 heterocycles. The number of hydrogen-bond donors (Lipinski definition) is 0. The average Bonchev–Trinajstić information content (AvgIpc) is 2.80. The van der Waals surface area contributed by atoms with Crippen molar-refractivity contribution >= 4 is 10.8 Å². The molecule has 1 nitrogen and oxygen atoms in total. The third kappa shape index (κ3) is 5.76. The molecular weight excluding hydrogens is 466 g/mol. The highest BCUT2D eigenvalue weighted by Crippen LogP contribution is 2.46. The summed E-state index contributed by atoms with van der Waals surface area (Å²) < 4.78 is 84.9. The maximum Gasteiger partial charge on any atom is 0.573 e. The van der Waals surface area contributed by atoms with E-state index in [0.29, 0.717) is 6.42 Å². The monoisotopic (exact) mass is 494 g/mol. The second-order valence-electron chi connectivity index (χ2n) is 9.34. The van der Waals surface area contributed by atoms with Crippen molar-refractivity contribution in [3.8, 4) is 5.75 Å². The maximum atomic E-state index is 14.7. The summed E-state index contributed by atoms with van der Waals surface area (Å²) in [6.45, 7) is 2.14. The summed E-state index contributed by atoms with van der Waals surface area (Å²) in [6.07, 6.45) is 2.45. The Morgan fingerprint density at radius 1 is 0.886 bits per heavy atom. The summed E-state index contributed by atoms with van der Waals surface area (Å²) in [5.74, 6) is -4.96. The Bertz CT molecular complexity index is 1160. The highest BCUT2D eigenvalue weighted by Gasteiger charge is 2.36. The maximum absolute atomic E-state index is 14.7. The molecular formula is C28H28F6O. The molecule has 188 valence electrons. The molecule has 3 aromatic carbocycles. The third-order valence-electron chi connectivity index (χ3n) is 6.98. The molecule has 0 N–H and O–H groups in total. The molecule has 0 aromatic heterocycles. The van der Waals surface area contributed by atoms with Crippen LogP contribution in [0.2, 0.25) is 0 Å². The van der Waals surface area contributed by atoms with Gasteiger partial charge >= 0.3 is 6.36 Å². The number of rotatable bonds is 8. The first-order valence-electron chi connectivity index (χ1n) is 12.1. The van der Waals surface area contributed by atoms with Gasteiger partial charge in [-0.2, -0.15) is 0 Å². The zero-order chi connectivity index (χ0) is 25.2. The lowest BCUT2D eigenvalue weighted by atomic mass is 9.69. The van der Waals surface area contributed by atoms with Crippen molar-refractivity contribution in [2.45, 2.75) is 70.6 Å². The number of aryl methyl sites for hydroxylation is 1. The molecule has 0 unspecified atom stereocenters. The second-order valence-corrected chi connectivity index (χ2v) is 9.34. The summed E-state index contributed by atoms with van der Waals surface area (Å²) in [5.41, 5.74) is 2.03. The highest BCUT2D eigenvalue weighted by atomic mass is 19.4. The van der Waals surface area contributed by atoms with Gasteiger partial charge in [-0.15, -0.1) is 13.2 Å². The molecule has 2 atom stereocenters. The number of ether oxygens (including phenoxy) is 1.